The van der Waals surface area contributed by atoms with Gasteiger partial charge in [-0.2, -0.15) is 0 Å². The van der Waals surface area contributed by atoms with E-state index in [9.17, 15) is 8.42 Å². The number of benzene rings is 3. The van der Waals surface area contributed by atoms with Gasteiger partial charge in [0.15, 0.2) is 0 Å². The Kier molecular flexibility index (Phi) is 6.84. The van der Waals surface area contributed by atoms with Crippen molar-refractivity contribution < 1.29 is 8.42 Å². The van der Waals surface area contributed by atoms with Crippen molar-refractivity contribution in [3.63, 3.8) is 0 Å². The summed E-state index contributed by atoms with van der Waals surface area (Å²) in [7, 11) is -3.61. The molecule has 3 aromatic carbocycles. The van der Waals surface area contributed by atoms with Crippen LogP contribution < -0.4 is 4.72 Å². The van der Waals surface area contributed by atoms with E-state index >= 15 is 0 Å². The molecular formula is C27H31N3O2S. The zero-order chi connectivity index (χ0) is 23.4. The van der Waals surface area contributed by atoms with Crippen LogP contribution in [0.25, 0.3) is 11.0 Å². The maximum atomic E-state index is 12.8. The monoisotopic (exact) mass is 461 g/mol. The van der Waals surface area contributed by atoms with Crippen LogP contribution in [0.4, 0.5) is 5.69 Å². The van der Waals surface area contributed by atoms with Gasteiger partial charge in [-0.05, 0) is 73.2 Å². The van der Waals surface area contributed by atoms with Gasteiger partial charge >= 0.3 is 0 Å². The van der Waals surface area contributed by atoms with Crippen molar-refractivity contribution in [1.29, 1.82) is 0 Å². The van der Waals surface area contributed by atoms with Crippen LogP contribution in [0.15, 0.2) is 77.7 Å². The molecule has 0 aliphatic rings. The summed E-state index contributed by atoms with van der Waals surface area (Å²) in [6.45, 7) is 7.32. The molecule has 0 bridgehead atoms. The third-order valence-electron chi connectivity index (χ3n) is 5.77. The van der Waals surface area contributed by atoms with Gasteiger partial charge in [-0.15, -0.1) is 0 Å². The number of fused-ring (bicyclic) bond motifs is 1. The molecule has 1 heterocycles. The van der Waals surface area contributed by atoms with Crippen molar-refractivity contribution in [1.82, 2.24) is 9.55 Å². The van der Waals surface area contributed by atoms with Gasteiger partial charge in [-0.1, -0.05) is 50.2 Å². The normalized spacial score (nSPS) is 11.9. The number of sulfonamides is 1. The summed E-state index contributed by atoms with van der Waals surface area (Å²) in [5.41, 5.74) is 5.04. The molecule has 0 radical (unpaired) electrons. The highest BCUT2D eigenvalue weighted by molar-refractivity contribution is 7.92. The maximum absolute atomic E-state index is 12.8. The van der Waals surface area contributed by atoms with Gasteiger partial charge in [0.2, 0.25) is 0 Å². The second-order valence-electron chi connectivity index (χ2n) is 8.81. The van der Waals surface area contributed by atoms with E-state index in [0.29, 0.717) is 11.6 Å². The van der Waals surface area contributed by atoms with Gasteiger partial charge in [0.1, 0.15) is 5.82 Å². The molecule has 5 nitrogen and oxygen atoms in total. The molecule has 0 amide bonds. The standard InChI is InChI=1S/C27H31N3O2S/c1-4-30-26-8-6-5-7-25(26)28-27(30)18-13-21-9-14-23(15-10-21)29-33(31,32)24-16-11-22(12-17-24)19-20(2)3/h5-12,14-17,20,29H,4,13,18-19H2,1-3H3. The highest BCUT2D eigenvalue weighted by atomic mass is 32.2. The van der Waals surface area contributed by atoms with Crippen LogP contribution in [0.1, 0.15) is 37.7 Å². The molecule has 0 aliphatic carbocycles. The summed E-state index contributed by atoms with van der Waals surface area (Å²) >= 11 is 0. The zero-order valence-corrected chi connectivity index (χ0v) is 20.3. The lowest BCUT2D eigenvalue weighted by Gasteiger charge is -2.11. The Morgan fingerprint density at radius 3 is 2.21 bits per heavy atom. The lowest BCUT2D eigenvalue weighted by Crippen LogP contribution is -2.13. The van der Waals surface area contributed by atoms with Crippen LogP contribution in [0.3, 0.4) is 0 Å². The van der Waals surface area contributed by atoms with E-state index in [2.05, 4.69) is 36.1 Å². The number of aromatic nitrogens is 2. The van der Waals surface area contributed by atoms with Crippen LogP contribution in [-0.4, -0.2) is 18.0 Å². The molecule has 0 aliphatic heterocycles. The van der Waals surface area contributed by atoms with Gasteiger partial charge in [0.05, 0.1) is 15.9 Å². The Morgan fingerprint density at radius 2 is 1.55 bits per heavy atom. The van der Waals surface area contributed by atoms with Crippen LogP contribution in [0.5, 0.6) is 0 Å². The van der Waals surface area contributed by atoms with Gasteiger partial charge in [-0.25, -0.2) is 13.4 Å². The fraction of sp³-hybridized carbons (Fsp3) is 0.296. The molecule has 0 saturated heterocycles. The number of aryl methyl sites for hydroxylation is 3. The first-order chi connectivity index (χ1) is 15.9. The highest BCUT2D eigenvalue weighted by Crippen LogP contribution is 2.20. The van der Waals surface area contributed by atoms with Gasteiger partial charge < -0.3 is 4.57 Å². The van der Waals surface area contributed by atoms with Crippen LogP contribution >= 0.6 is 0 Å². The third-order valence-corrected chi connectivity index (χ3v) is 7.17. The SMILES string of the molecule is CCn1c(CCc2ccc(NS(=O)(=O)c3ccc(CC(C)C)cc3)cc2)nc2ccccc21. The summed E-state index contributed by atoms with van der Waals surface area (Å²) in [5.74, 6) is 1.61. The predicted molar refractivity (Wildman–Crippen MR) is 135 cm³/mol. The van der Waals surface area contributed by atoms with Crippen molar-refractivity contribution in [2.24, 2.45) is 5.92 Å². The molecule has 1 aromatic heterocycles. The minimum atomic E-state index is -3.61. The summed E-state index contributed by atoms with van der Waals surface area (Å²) in [4.78, 5) is 5.07. The van der Waals surface area contributed by atoms with Crippen molar-refractivity contribution in [3.8, 4) is 0 Å². The molecule has 172 valence electrons. The van der Waals surface area contributed by atoms with Crippen molar-refractivity contribution in [2.75, 3.05) is 4.72 Å². The maximum Gasteiger partial charge on any atom is 0.261 e. The predicted octanol–water partition coefficient (Wildman–Crippen LogP) is 5.84. The molecule has 0 saturated carbocycles. The smallest absolute Gasteiger partial charge is 0.261 e. The Bertz CT molecular complexity index is 1320. The van der Waals surface area contributed by atoms with Gasteiger partial charge in [0, 0.05) is 18.7 Å². The van der Waals surface area contributed by atoms with E-state index in [1.807, 2.05) is 54.6 Å². The number of anilines is 1. The second-order valence-corrected chi connectivity index (χ2v) is 10.5. The zero-order valence-electron chi connectivity index (χ0n) is 19.5. The summed E-state index contributed by atoms with van der Waals surface area (Å²) in [6, 6.07) is 22.9. The third kappa shape index (κ3) is 5.45. The number of nitrogens with zero attached hydrogens (tertiary/aromatic N) is 2. The fourth-order valence-electron chi connectivity index (χ4n) is 4.15. The lowest BCUT2D eigenvalue weighted by molar-refractivity contribution is 0.601. The number of rotatable bonds is 9. The van der Waals surface area contributed by atoms with Crippen molar-refractivity contribution in [3.05, 3.63) is 89.7 Å². The summed E-state index contributed by atoms with van der Waals surface area (Å²) < 4.78 is 30.5. The Morgan fingerprint density at radius 1 is 0.879 bits per heavy atom. The number of nitrogens with one attached hydrogen (secondary N) is 1. The molecule has 4 rings (SSSR count). The van der Waals surface area contributed by atoms with Crippen molar-refractivity contribution in [2.45, 2.75) is 51.5 Å². The molecule has 0 fully saturated rings. The molecule has 0 atom stereocenters. The summed E-state index contributed by atoms with van der Waals surface area (Å²) in [6.07, 6.45) is 2.60. The van der Waals surface area contributed by atoms with Crippen LogP contribution in [-0.2, 0) is 35.8 Å². The van der Waals surface area contributed by atoms with Crippen LogP contribution in [0, 0.1) is 5.92 Å². The van der Waals surface area contributed by atoms with Gasteiger partial charge in [0.25, 0.3) is 10.0 Å². The van der Waals surface area contributed by atoms with E-state index < -0.39 is 10.0 Å². The summed E-state index contributed by atoms with van der Waals surface area (Å²) in [5, 5.41) is 0. The van der Waals surface area contributed by atoms with E-state index in [0.717, 1.165) is 53.8 Å². The molecule has 0 spiro atoms. The number of hydrogen-bond donors (Lipinski definition) is 1. The van der Waals surface area contributed by atoms with E-state index in [4.69, 9.17) is 4.98 Å². The minimum absolute atomic E-state index is 0.276. The van der Waals surface area contributed by atoms with Crippen LogP contribution in [0.2, 0.25) is 0 Å². The molecule has 0 unspecified atom stereocenters. The Hall–Kier alpha value is -3.12. The Labute approximate surface area is 196 Å². The number of para-hydroxylation sites is 2. The largest absolute Gasteiger partial charge is 0.328 e. The molecular weight excluding hydrogens is 430 g/mol. The van der Waals surface area contributed by atoms with Gasteiger partial charge in [-0.3, -0.25) is 4.72 Å². The molecule has 1 N–H and O–H groups in total. The average molecular weight is 462 g/mol. The quantitative estimate of drug-likeness (QED) is 0.340. The van der Waals surface area contributed by atoms with Crippen molar-refractivity contribution >= 4 is 26.7 Å². The second kappa shape index (κ2) is 9.79. The van der Waals surface area contributed by atoms with E-state index in [-0.39, 0.29) is 4.90 Å². The first-order valence-corrected chi connectivity index (χ1v) is 13.0. The Balaban J connectivity index is 1.41. The minimum Gasteiger partial charge on any atom is -0.328 e. The number of imidazole rings is 1. The molecule has 4 aromatic rings. The lowest BCUT2D eigenvalue weighted by atomic mass is 10.0. The number of hydrogen-bond acceptors (Lipinski definition) is 3. The average Bonchev–Trinajstić information content (AvgIpc) is 3.16. The first-order valence-electron chi connectivity index (χ1n) is 11.5. The molecule has 6 heteroatoms. The topological polar surface area (TPSA) is 64.0 Å². The molecule has 33 heavy (non-hydrogen) atoms. The van der Waals surface area contributed by atoms with E-state index in [1.54, 1.807) is 12.1 Å². The highest BCUT2D eigenvalue weighted by Gasteiger charge is 2.14. The van der Waals surface area contributed by atoms with E-state index in [1.165, 1.54) is 0 Å². The first kappa shape index (κ1) is 23.1. The fourth-order valence-corrected chi connectivity index (χ4v) is 5.21.